The fourth-order valence-corrected chi connectivity index (χ4v) is 3.96. The third kappa shape index (κ3) is 6.19. The Labute approximate surface area is 193 Å². The summed E-state index contributed by atoms with van der Waals surface area (Å²) in [6.07, 6.45) is 0.340. The summed E-state index contributed by atoms with van der Waals surface area (Å²) in [7, 11) is 1.26. The molecule has 8 heteroatoms. The first-order valence-electron chi connectivity index (χ1n) is 10.9. The van der Waals surface area contributed by atoms with Crippen LogP contribution < -0.4 is 16.0 Å². The third-order valence-corrected chi connectivity index (χ3v) is 5.81. The zero-order valence-electron chi connectivity index (χ0n) is 19.0. The second-order valence-corrected chi connectivity index (χ2v) is 8.23. The maximum Gasteiger partial charge on any atom is 0.328 e. The van der Waals surface area contributed by atoms with Crippen molar-refractivity contribution in [2.45, 2.75) is 51.2 Å². The van der Waals surface area contributed by atoms with E-state index in [1.807, 2.05) is 62.4 Å². The summed E-state index contributed by atoms with van der Waals surface area (Å²) < 4.78 is 4.86. The Morgan fingerprint density at radius 1 is 0.939 bits per heavy atom. The summed E-state index contributed by atoms with van der Waals surface area (Å²) in [4.78, 5) is 50.0. The van der Waals surface area contributed by atoms with Crippen LogP contribution in [0.15, 0.2) is 48.5 Å². The highest BCUT2D eigenvalue weighted by Crippen LogP contribution is 2.16. The molecule has 1 heterocycles. The Morgan fingerprint density at radius 2 is 1.55 bits per heavy atom. The van der Waals surface area contributed by atoms with Crippen LogP contribution in [0, 0.1) is 13.8 Å². The average Bonchev–Trinajstić information content (AvgIpc) is 2.79. The third-order valence-electron chi connectivity index (χ3n) is 5.81. The SMILES string of the molecule is COC(=O)[C@@H](Cc1c(C)cccc1C)NC(=O)C[C@@H]1NC(=O)[C@H](Cc2ccccc2)NC1=O. The predicted octanol–water partition coefficient (Wildman–Crippen LogP) is 1.12. The summed E-state index contributed by atoms with van der Waals surface area (Å²) in [5.41, 5.74) is 3.87. The van der Waals surface area contributed by atoms with Gasteiger partial charge in [-0.05, 0) is 36.1 Å². The molecule has 33 heavy (non-hydrogen) atoms. The quantitative estimate of drug-likeness (QED) is 0.521. The minimum absolute atomic E-state index is 0.263. The lowest BCUT2D eigenvalue weighted by atomic mass is 9.96. The van der Waals surface area contributed by atoms with Gasteiger partial charge < -0.3 is 20.7 Å². The fraction of sp³-hybridized carbons (Fsp3) is 0.360. The molecule has 2 aromatic carbocycles. The minimum atomic E-state index is -1.01. The van der Waals surface area contributed by atoms with Crippen molar-refractivity contribution in [2.24, 2.45) is 0 Å². The number of piperazine rings is 1. The van der Waals surface area contributed by atoms with Crippen LogP contribution in [0.1, 0.15) is 28.7 Å². The number of nitrogens with one attached hydrogen (secondary N) is 3. The van der Waals surface area contributed by atoms with Gasteiger partial charge in [-0.3, -0.25) is 14.4 Å². The van der Waals surface area contributed by atoms with Gasteiger partial charge in [0.25, 0.3) is 0 Å². The Bertz CT molecular complexity index is 1020. The molecule has 8 nitrogen and oxygen atoms in total. The first kappa shape index (κ1) is 24.0. The van der Waals surface area contributed by atoms with Gasteiger partial charge in [-0.1, -0.05) is 48.5 Å². The van der Waals surface area contributed by atoms with E-state index in [0.29, 0.717) is 6.42 Å². The maximum absolute atomic E-state index is 12.7. The highest BCUT2D eigenvalue weighted by molar-refractivity contribution is 5.99. The number of carbonyl (C=O) groups excluding carboxylic acids is 4. The molecule has 3 atom stereocenters. The average molecular weight is 452 g/mol. The van der Waals surface area contributed by atoms with Gasteiger partial charge in [-0.15, -0.1) is 0 Å². The number of amides is 3. The lowest BCUT2D eigenvalue weighted by Crippen LogP contribution is -2.63. The van der Waals surface area contributed by atoms with E-state index in [-0.39, 0.29) is 18.7 Å². The van der Waals surface area contributed by atoms with E-state index in [1.54, 1.807) is 0 Å². The van der Waals surface area contributed by atoms with E-state index in [4.69, 9.17) is 4.74 Å². The molecule has 0 bridgehead atoms. The number of esters is 1. The molecule has 0 saturated carbocycles. The largest absolute Gasteiger partial charge is 0.467 e. The first-order chi connectivity index (χ1) is 15.8. The second kappa shape index (κ2) is 10.8. The highest BCUT2D eigenvalue weighted by atomic mass is 16.5. The summed E-state index contributed by atoms with van der Waals surface area (Å²) in [6, 6.07) is 12.5. The summed E-state index contributed by atoms with van der Waals surface area (Å²) >= 11 is 0. The lowest BCUT2D eigenvalue weighted by molar-refractivity contribution is -0.145. The van der Waals surface area contributed by atoms with E-state index >= 15 is 0 Å². The van der Waals surface area contributed by atoms with Crippen molar-refractivity contribution in [3.8, 4) is 0 Å². The van der Waals surface area contributed by atoms with Crippen LogP contribution in [-0.2, 0) is 36.8 Å². The molecule has 3 rings (SSSR count). The van der Waals surface area contributed by atoms with Gasteiger partial charge in [0.05, 0.1) is 13.5 Å². The first-order valence-corrected chi connectivity index (χ1v) is 10.9. The van der Waals surface area contributed by atoms with Crippen LogP contribution >= 0.6 is 0 Å². The molecule has 1 fully saturated rings. The molecular formula is C25H29N3O5. The molecule has 0 spiro atoms. The van der Waals surface area contributed by atoms with Crippen molar-refractivity contribution in [2.75, 3.05) is 7.11 Å². The monoisotopic (exact) mass is 451 g/mol. The van der Waals surface area contributed by atoms with Gasteiger partial charge in [0.1, 0.15) is 18.1 Å². The van der Waals surface area contributed by atoms with Gasteiger partial charge in [-0.25, -0.2) is 4.79 Å². The van der Waals surface area contributed by atoms with Crippen molar-refractivity contribution in [3.05, 3.63) is 70.8 Å². The van der Waals surface area contributed by atoms with Gasteiger partial charge in [-0.2, -0.15) is 0 Å². The summed E-state index contributed by atoms with van der Waals surface area (Å²) in [5.74, 6) is -1.89. The molecule has 0 aromatic heterocycles. The molecular weight excluding hydrogens is 422 g/mol. The second-order valence-electron chi connectivity index (χ2n) is 8.23. The van der Waals surface area contributed by atoms with Crippen LogP contribution in [0.3, 0.4) is 0 Å². The van der Waals surface area contributed by atoms with E-state index < -0.39 is 35.9 Å². The van der Waals surface area contributed by atoms with Crippen LogP contribution in [0.4, 0.5) is 0 Å². The van der Waals surface area contributed by atoms with Crippen LogP contribution in [0.2, 0.25) is 0 Å². The number of aryl methyl sites for hydroxylation is 2. The topological polar surface area (TPSA) is 114 Å². The van der Waals surface area contributed by atoms with Gasteiger partial charge in [0.15, 0.2) is 0 Å². The zero-order valence-corrected chi connectivity index (χ0v) is 19.0. The van der Waals surface area contributed by atoms with Crippen molar-refractivity contribution >= 4 is 23.7 Å². The molecule has 1 aliphatic rings. The standard InChI is InChI=1S/C25H29N3O5/c1-15-8-7-9-16(2)18(15)13-21(25(32)33-3)26-22(29)14-20-24(31)27-19(23(30)28-20)12-17-10-5-4-6-11-17/h4-11,19-21H,12-14H2,1-3H3,(H,26,29)(H,27,31)(H,28,30)/t19-,20-,21+/m0/s1. The van der Waals surface area contributed by atoms with Crippen molar-refractivity contribution in [1.29, 1.82) is 0 Å². The molecule has 1 aliphatic heterocycles. The molecule has 174 valence electrons. The highest BCUT2D eigenvalue weighted by Gasteiger charge is 2.35. The maximum atomic E-state index is 12.7. The number of hydrogen-bond acceptors (Lipinski definition) is 5. The van der Waals surface area contributed by atoms with Crippen molar-refractivity contribution < 1.29 is 23.9 Å². The van der Waals surface area contributed by atoms with Crippen molar-refractivity contribution in [1.82, 2.24) is 16.0 Å². The smallest absolute Gasteiger partial charge is 0.328 e. The fourth-order valence-electron chi connectivity index (χ4n) is 3.96. The number of ether oxygens (including phenoxy) is 1. The van der Waals surface area contributed by atoms with Crippen molar-refractivity contribution in [3.63, 3.8) is 0 Å². The van der Waals surface area contributed by atoms with E-state index in [0.717, 1.165) is 22.3 Å². The molecule has 0 unspecified atom stereocenters. The Kier molecular flexibility index (Phi) is 7.82. The number of carbonyl (C=O) groups is 4. The van der Waals surface area contributed by atoms with Gasteiger partial charge in [0, 0.05) is 12.8 Å². The minimum Gasteiger partial charge on any atom is -0.467 e. The number of rotatable bonds is 8. The summed E-state index contributed by atoms with van der Waals surface area (Å²) in [6.45, 7) is 3.87. The molecule has 3 amide bonds. The van der Waals surface area contributed by atoms with E-state index in [9.17, 15) is 19.2 Å². The lowest BCUT2D eigenvalue weighted by Gasteiger charge is -2.29. The Balaban J connectivity index is 1.61. The van der Waals surface area contributed by atoms with E-state index in [1.165, 1.54) is 7.11 Å². The predicted molar refractivity (Wildman–Crippen MR) is 122 cm³/mol. The number of hydrogen-bond donors (Lipinski definition) is 3. The normalized spacial score (nSPS) is 18.6. The summed E-state index contributed by atoms with van der Waals surface area (Å²) in [5, 5.41) is 7.97. The zero-order chi connectivity index (χ0) is 24.0. The molecule has 0 radical (unpaired) electrons. The Hall–Kier alpha value is -3.68. The Morgan fingerprint density at radius 3 is 2.18 bits per heavy atom. The van der Waals surface area contributed by atoms with Crippen LogP contribution in [-0.4, -0.2) is 48.9 Å². The van der Waals surface area contributed by atoms with Gasteiger partial charge >= 0.3 is 5.97 Å². The molecule has 0 aliphatic carbocycles. The van der Waals surface area contributed by atoms with Crippen LogP contribution in [0.5, 0.6) is 0 Å². The molecule has 2 aromatic rings. The van der Waals surface area contributed by atoms with E-state index in [2.05, 4.69) is 16.0 Å². The number of benzene rings is 2. The number of methoxy groups -OCH3 is 1. The molecule has 3 N–H and O–H groups in total. The van der Waals surface area contributed by atoms with Gasteiger partial charge in [0.2, 0.25) is 17.7 Å². The molecule has 1 saturated heterocycles. The van der Waals surface area contributed by atoms with Crippen LogP contribution in [0.25, 0.3) is 0 Å².